The molecule has 0 saturated carbocycles. The van der Waals surface area contributed by atoms with Crippen LogP contribution in [-0.2, 0) is 7.05 Å². The topological polar surface area (TPSA) is 77.0 Å². The number of nitrogen functional groups attached to an aromatic ring is 1. The van der Waals surface area contributed by atoms with E-state index in [9.17, 15) is 4.79 Å². The molecule has 1 aliphatic rings. The van der Waals surface area contributed by atoms with Crippen LogP contribution in [0.1, 0.15) is 34.8 Å². The summed E-state index contributed by atoms with van der Waals surface area (Å²) < 4.78 is 1.65. The monoisotopic (exact) mass is 291 g/mol. The predicted molar refractivity (Wildman–Crippen MR) is 77.6 cm³/mol. The lowest BCUT2D eigenvalue weighted by atomic mass is 9.94. The maximum Gasteiger partial charge on any atom is 0.257 e. The highest BCUT2D eigenvalue weighted by molar-refractivity contribution is 7.13. The number of thiazole rings is 1. The van der Waals surface area contributed by atoms with Crippen molar-refractivity contribution < 1.29 is 4.79 Å². The van der Waals surface area contributed by atoms with Crippen molar-refractivity contribution in [3.8, 4) is 0 Å². The normalized spacial score (nSPS) is 16.6. The number of aryl methyl sites for hydroxylation is 1. The molecule has 106 valence electrons. The highest BCUT2D eigenvalue weighted by atomic mass is 32.1. The van der Waals surface area contributed by atoms with Crippen LogP contribution < -0.4 is 5.73 Å². The minimum Gasteiger partial charge on any atom is -0.375 e. The van der Waals surface area contributed by atoms with Crippen LogP contribution in [0.2, 0.25) is 0 Å². The first-order valence-electron chi connectivity index (χ1n) is 6.62. The Morgan fingerprint density at radius 1 is 1.45 bits per heavy atom. The van der Waals surface area contributed by atoms with Crippen LogP contribution in [0.4, 0.5) is 5.13 Å². The number of hydrogen-bond acceptors (Lipinski definition) is 5. The van der Waals surface area contributed by atoms with E-state index in [2.05, 4.69) is 10.1 Å². The van der Waals surface area contributed by atoms with E-state index in [1.165, 1.54) is 11.3 Å². The van der Waals surface area contributed by atoms with Gasteiger partial charge in [0.05, 0.1) is 17.5 Å². The van der Waals surface area contributed by atoms with Gasteiger partial charge in [-0.15, -0.1) is 11.3 Å². The summed E-state index contributed by atoms with van der Waals surface area (Å²) in [6.07, 6.45) is 5.26. The molecule has 2 aromatic rings. The quantitative estimate of drug-likeness (QED) is 0.909. The van der Waals surface area contributed by atoms with Crippen molar-refractivity contribution in [1.82, 2.24) is 19.7 Å². The van der Waals surface area contributed by atoms with Crippen molar-refractivity contribution in [2.24, 2.45) is 7.05 Å². The molecule has 6 nitrogen and oxygen atoms in total. The Morgan fingerprint density at radius 3 is 2.75 bits per heavy atom. The fourth-order valence-electron chi connectivity index (χ4n) is 2.58. The van der Waals surface area contributed by atoms with E-state index in [1.54, 1.807) is 17.1 Å². The summed E-state index contributed by atoms with van der Waals surface area (Å²) in [5.41, 5.74) is 7.40. The number of nitrogens with zero attached hydrogens (tertiary/aromatic N) is 4. The van der Waals surface area contributed by atoms with Crippen LogP contribution in [0.25, 0.3) is 0 Å². The zero-order valence-corrected chi connectivity index (χ0v) is 12.1. The molecule has 0 atom stereocenters. The third-order valence-corrected chi connectivity index (χ3v) is 4.38. The van der Waals surface area contributed by atoms with Gasteiger partial charge < -0.3 is 10.6 Å². The second kappa shape index (κ2) is 5.24. The first-order chi connectivity index (χ1) is 9.63. The summed E-state index contributed by atoms with van der Waals surface area (Å²) in [6, 6.07) is 0. The number of anilines is 1. The number of piperidine rings is 1. The van der Waals surface area contributed by atoms with Crippen LogP contribution in [0.3, 0.4) is 0 Å². The molecule has 0 bridgehead atoms. The molecule has 0 radical (unpaired) electrons. The molecule has 3 rings (SSSR count). The second-order valence-corrected chi connectivity index (χ2v) is 5.97. The number of nitrogens with two attached hydrogens (primary N) is 1. The molecule has 2 aromatic heterocycles. The molecular weight excluding hydrogens is 274 g/mol. The van der Waals surface area contributed by atoms with Gasteiger partial charge in [0.25, 0.3) is 5.91 Å². The van der Waals surface area contributed by atoms with Crippen LogP contribution in [0.5, 0.6) is 0 Å². The van der Waals surface area contributed by atoms with Gasteiger partial charge in [0.2, 0.25) is 0 Å². The van der Waals surface area contributed by atoms with Crippen LogP contribution >= 0.6 is 11.3 Å². The summed E-state index contributed by atoms with van der Waals surface area (Å²) >= 11 is 1.48. The molecule has 0 spiro atoms. The van der Waals surface area contributed by atoms with E-state index >= 15 is 0 Å². The lowest BCUT2D eigenvalue weighted by Gasteiger charge is -2.31. The minimum absolute atomic E-state index is 0.0642. The van der Waals surface area contributed by atoms with E-state index < -0.39 is 0 Å². The van der Waals surface area contributed by atoms with Crippen molar-refractivity contribution in [2.45, 2.75) is 18.8 Å². The highest BCUT2D eigenvalue weighted by Crippen LogP contribution is 2.30. The van der Waals surface area contributed by atoms with E-state index in [0.29, 0.717) is 16.6 Å². The fraction of sp³-hybridized carbons (Fsp3) is 0.462. The molecule has 2 N–H and O–H groups in total. The molecule has 1 saturated heterocycles. The maximum absolute atomic E-state index is 12.3. The maximum atomic E-state index is 12.3. The number of amides is 1. The Bertz CT molecular complexity index is 612. The average molecular weight is 291 g/mol. The average Bonchev–Trinajstić information content (AvgIpc) is 3.07. The first-order valence-corrected chi connectivity index (χ1v) is 7.50. The van der Waals surface area contributed by atoms with Gasteiger partial charge in [-0.3, -0.25) is 9.48 Å². The van der Waals surface area contributed by atoms with Crippen molar-refractivity contribution in [3.63, 3.8) is 0 Å². The molecule has 20 heavy (non-hydrogen) atoms. The minimum atomic E-state index is 0.0642. The summed E-state index contributed by atoms with van der Waals surface area (Å²) in [5, 5.41) is 6.69. The molecule has 0 aliphatic carbocycles. The summed E-state index contributed by atoms with van der Waals surface area (Å²) in [5.74, 6) is 0.482. The van der Waals surface area contributed by atoms with E-state index in [4.69, 9.17) is 5.73 Å². The standard InChI is InChI=1S/C13H17N5OS/c1-17-7-10(6-15-17)12(19)18-4-2-9(3-5-18)11-8-20-13(14)16-11/h6-9H,2-5H2,1H3,(H2,14,16). The van der Waals surface area contributed by atoms with Crippen LogP contribution in [0, 0.1) is 0 Å². The Labute approximate surface area is 121 Å². The smallest absolute Gasteiger partial charge is 0.257 e. The number of hydrogen-bond donors (Lipinski definition) is 1. The first kappa shape index (κ1) is 13.1. The molecule has 0 unspecified atom stereocenters. The van der Waals surface area contributed by atoms with Gasteiger partial charge in [-0.25, -0.2) is 4.98 Å². The van der Waals surface area contributed by atoms with Crippen LogP contribution in [0.15, 0.2) is 17.8 Å². The number of likely N-dealkylation sites (tertiary alicyclic amines) is 1. The van der Waals surface area contributed by atoms with Gasteiger partial charge in [0.1, 0.15) is 0 Å². The lowest BCUT2D eigenvalue weighted by molar-refractivity contribution is 0.0712. The van der Waals surface area contributed by atoms with Gasteiger partial charge in [0, 0.05) is 37.6 Å². The zero-order chi connectivity index (χ0) is 14.1. The highest BCUT2D eigenvalue weighted by Gasteiger charge is 2.26. The zero-order valence-electron chi connectivity index (χ0n) is 11.3. The number of rotatable bonds is 2. The molecule has 1 aliphatic heterocycles. The Balaban J connectivity index is 1.62. The number of aromatic nitrogens is 3. The summed E-state index contributed by atoms with van der Waals surface area (Å²) in [7, 11) is 1.82. The molecule has 1 amide bonds. The summed E-state index contributed by atoms with van der Waals surface area (Å²) in [4.78, 5) is 18.5. The second-order valence-electron chi connectivity index (χ2n) is 5.08. The fourth-order valence-corrected chi connectivity index (χ4v) is 3.23. The Hall–Kier alpha value is -1.89. The summed E-state index contributed by atoms with van der Waals surface area (Å²) in [6.45, 7) is 1.52. The Kier molecular flexibility index (Phi) is 3.43. The van der Waals surface area contributed by atoms with Crippen molar-refractivity contribution >= 4 is 22.4 Å². The van der Waals surface area contributed by atoms with Crippen molar-refractivity contribution in [2.75, 3.05) is 18.8 Å². The molecular formula is C13H17N5OS. The van der Waals surface area contributed by atoms with Crippen molar-refractivity contribution in [3.05, 3.63) is 29.0 Å². The van der Waals surface area contributed by atoms with Gasteiger partial charge in [-0.1, -0.05) is 0 Å². The van der Waals surface area contributed by atoms with Gasteiger partial charge in [-0.05, 0) is 12.8 Å². The predicted octanol–water partition coefficient (Wildman–Crippen LogP) is 1.48. The largest absolute Gasteiger partial charge is 0.375 e. The SMILES string of the molecule is Cn1cc(C(=O)N2CCC(c3csc(N)n3)CC2)cn1. The van der Waals surface area contributed by atoms with Gasteiger partial charge in [0.15, 0.2) is 5.13 Å². The van der Waals surface area contributed by atoms with E-state index in [-0.39, 0.29) is 5.91 Å². The molecule has 3 heterocycles. The lowest BCUT2D eigenvalue weighted by Crippen LogP contribution is -2.37. The van der Waals surface area contributed by atoms with Crippen LogP contribution in [-0.4, -0.2) is 38.7 Å². The number of carbonyl (C=O) groups is 1. The molecule has 1 fully saturated rings. The van der Waals surface area contributed by atoms with E-state index in [0.717, 1.165) is 31.6 Å². The third kappa shape index (κ3) is 2.53. The third-order valence-electron chi connectivity index (χ3n) is 3.69. The van der Waals surface area contributed by atoms with Gasteiger partial charge in [-0.2, -0.15) is 5.10 Å². The van der Waals surface area contributed by atoms with Crippen molar-refractivity contribution in [1.29, 1.82) is 0 Å². The van der Waals surface area contributed by atoms with Gasteiger partial charge >= 0.3 is 0 Å². The number of carbonyl (C=O) groups excluding carboxylic acids is 1. The Morgan fingerprint density at radius 2 is 2.20 bits per heavy atom. The van der Waals surface area contributed by atoms with E-state index in [1.807, 2.05) is 17.3 Å². The molecule has 0 aromatic carbocycles. The molecule has 7 heteroatoms.